The maximum absolute atomic E-state index is 12.1. The van der Waals surface area contributed by atoms with Crippen LogP contribution in [0.25, 0.3) is 0 Å². The Bertz CT molecular complexity index is 188. The van der Waals surface area contributed by atoms with Crippen LogP contribution in [0.3, 0.4) is 0 Å². The summed E-state index contributed by atoms with van der Waals surface area (Å²) in [4.78, 5) is 0. The van der Waals surface area contributed by atoms with Gasteiger partial charge >= 0.3 is 0 Å². The molecule has 1 saturated carbocycles. The largest absolute Gasteiger partial charge is 0.258 e. The molecule has 0 bridgehead atoms. The summed E-state index contributed by atoms with van der Waals surface area (Å²) >= 11 is 1.83. The summed E-state index contributed by atoms with van der Waals surface area (Å²) in [5.41, 5.74) is 0. The standard InChI is InChI=1S/C12H24OS2/c1-3-4-10-15(13)12(14-2)11-8-6-5-7-9-11/h11-12H,3-10H2,1-2H3. The van der Waals surface area contributed by atoms with Gasteiger partial charge < -0.3 is 0 Å². The summed E-state index contributed by atoms with van der Waals surface area (Å²) in [6, 6.07) is 0. The topological polar surface area (TPSA) is 17.1 Å². The van der Waals surface area contributed by atoms with Crippen LogP contribution in [0.1, 0.15) is 51.9 Å². The minimum Gasteiger partial charge on any atom is -0.258 e. The summed E-state index contributed by atoms with van der Waals surface area (Å²) in [6.45, 7) is 2.17. The van der Waals surface area contributed by atoms with Gasteiger partial charge in [-0.2, -0.15) is 0 Å². The second-order valence-electron chi connectivity index (χ2n) is 4.44. The average Bonchev–Trinajstić information content (AvgIpc) is 2.29. The minimum absolute atomic E-state index is 0.414. The Labute approximate surface area is 101 Å². The molecule has 1 rings (SSSR count). The molecule has 0 saturated heterocycles. The van der Waals surface area contributed by atoms with E-state index in [1.165, 1.54) is 32.1 Å². The van der Waals surface area contributed by atoms with Crippen LogP contribution >= 0.6 is 11.8 Å². The fourth-order valence-corrected chi connectivity index (χ4v) is 5.63. The first-order valence-electron chi connectivity index (χ1n) is 6.19. The van der Waals surface area contributed by atoms with Gasteiger partial charge in [0.15, 0.2) is 0 Å². The Hall–Kier alpha value is 0.500. The van der Waals surface area contributed by atoms with E-state index in [1.54, 1.807) is 0 Å². The highest BCUT2D eigenvalue weighted by atomic mass is 32.2. The van der Waals surface area contributed by atoms with E-state index >= 15 is 0 Å². The van der Waals surface area contributed by atoms with Gasteiger partial charge in [-0.05, 0) is 31.4 Å². The maximum Gasteiger partial charge on any atom is 0.0826 e. The van der Waals surface area contributed by atoms with Crippen LogP contribution in [0.4, 0.5) is 0 Å². The van der Waals surface area contributed by atoms with E-state index in [2.05, 4.69) is 13.2 Å². The monoisotopic (exact) mass is 248 g/mol. The van der Waals surface area contributed by atoms with Crippen molar-refractivity contribution in [3.63, 3.8) is 0 Å². The summed E-state index contributed by atoms with van der Waals surface area (Å²) in [6.07, 6.45) is 11.1. The lowest BCUT2D eigenvalue weighted by Gasteiger charge is -2.28. The molecular formula is C12H24OS2. The predicted molar refractivity (Wildman–Crippen MR) is 71.8 cm³/mol. The third kappa shape index (κ3) is 4.48. The summed E-state index contributed by atoms with van der Waals surface area (Å²) in [5, 5.41) is 0. The maximum atomic E-state index is 12.1. The van der Waals surface area contributed by atoms with Crippen molar-refractivity contribution in [2.24, 2.45) is 5.92 Å². The molecule has 3 heteroatoms. The van der Waals surface area contributed by atoms with Crippen LogP contribution in [-0.4, -0.2) is 20.8 Å². The lowest BCUT2D eigenvalue weighted by Crippen LogP contribution is -2.26. The van der Waals surface area contributed by atoms with E-state index in [9.17, 15) is 4.21 Å². The van der Waals surface area contributed by atoms with E-state index in [0.717, 1.165) is 24.5 Å². The quantitative estimate of drug-likeness (QED) is 0.711. The number of thioether (sulfide) groups is 1. The molecule has 90 valence electrons. The number of rotatable bonds is 6. The van der Waals surface area contributed by atoms with Gasteiger partial charge in [-0.3, -0.25) is 4.21 Å². The van der Waals surface area contributed by atoms with Crippen LogP contribution in [-0.2, 0) is 10.8 Å². The highest BCUT2D eigenvalue weighted by Crippen LogP contribution is 2.33. The zero-order chi connectivity index (χ0) is 11.1. The van der Waals surface area contributed by atoms with Crippen molar-refractivity contribution < 1.29 is 4.21 Å². The van der Waals surface area contributed by atoms with Crippen molar-refractivity contribution in [2.45, 2.75) is 56.5 Å². The second-order valence-corrected chi connectivity index (χ2v) is 7.40. The molecule has 1 aliphatic rings. The fourth-order valence-electron chi connectivity index (χ4n) is 2.32. The Morgan fingerprint density at radius 3 is 2.53 bits per heavy atom. The number of hydrogen-bond acceptors (Lipinski definition) is 2. The molecule has 0 aromatic heterocycles. The molecule has 0 radical (unpaired) electrons. The van der Waals surface area contributed by atoms with Gasteiger partial charge in [0.25, 0.3) is 0 Å². The summed E-state index contributed by atoms with van der Waals surface area (Å²) in [7, 11) is -0.592. The second kappa shape index (κ2) is 7.72. The van der Waals surface area contributed by atoms with Crippen molar-refractivity contribution in [1.82, 2.24) is 0 Å². The SMILES string of the molecule is CCCCS(=O)C(SC)C1CCCCC1. The molecule has 1 nitrogen and oxygen atoms in total. The van der Waals surface area contributed by atoms with Gasteiger partial charge in [-0.25, -0.2) is 0 Å². The smallest absolute Gasteiger partial charge is 0.0826 e. The van der Waals surface area contributed by atoms with Gasteiger partial charge in [0.2, 0.25) is 0 Å². The normalized spacial score (nSPS) is 22.5. The first-order valence-corrected chi connectivity index (χ1v) is 8.86. The summed E-state index contributed by atoms with van der Waals surface area (Å²) < 4.78 is 12.5. The Kier molecular flexibility index (Phi) is 6.98. The van der Waals surface area contributed by atoms with Crippen molar-refractivity contribution in [3.05, 3.63) is 0 Å². The Morgan fingerprint density at radius 1 is 1.33 bits per heavy atom. The van der Waals surface area contributed by atoms with Gasteiger partial charge in [0.05, 0.1) is 4.58 Å². The highest BCUT2D eigenvalue weighted by molar-refractivity contribution is 8.10. The van der Waals surface area contributed by atoms with E-state index in [4.69, 9.17) is 0 Å². The predicted octanol–water partition coefficient (Wildman–Crippen LogP) is 3.80. The molecule has 2 atom stereocenters. The third-order valence-corrected chi connectivity index (χ3v) is 6.89. The van der Waals surface area contributed by atoms with Gasteiger partial charge in [-0.15, -0.1) is 11.8 Å². The first kappa shape index (κ1) is 13.6. The molecule has 1 fully saturated rings. The molecule has 0 aromatic rings. The van der Waals surface area contributed by atoms with Gasteiger partial charge in [0, 0.05) is 16.6 Å². The molecule has 1 aliphatic carbocycles. The average molecular weight is 248 g/mol. The van der Waals surface area contributed by atoms with Crippen molar-refractivity contribution >= 4 is 22.6 Å². The molecule has 0 N–H and O–H groups in total. The van der Waals surface area contributed by atoms with Crippen LogP contribution in [0.15, 0.2) is 0 Å². The Balaban J connectivity index is 2.41. The van der Waals surface area contributed by atoms with E-state index in [-0.39, 0.29) is 0 Å². The Morgan fingerprint density at radius 2 is 2.00 bits per heavy atom. The van der Waals surface area contributed by atoms with Crippen LogP contribution in [0.2, 0.25) is 0 Å². The lowest BCUT2D eigenvalue weighted by molar-refractivity contribution is 0.378. The third-order valence-electron chi connectivity index (χ3n) is 3.23. The molecule has 0 aliphatic heterocycles. The lowest BCUT2D eigenvalue weighted by atomic mass is 9.91. The molecule has 15 heavy (non-hydrogen) atoms. The molecule has 0 heterocycles. The molecule has 0 amide bonds. The van der Waals surface area contributed by atoms with E-state index in [1.807, 2.05) is 11.8 Å². The zero-order valence-electron chi connectivity index (χ0n) is 10.0. The fraction of sp³-hybridized carbons (Fsp3) is 1.00. The zero-order valence-corrected chi connectivity index (χ0v) is 11.7. The number of unbranched alkanes of at least 4 members (excludes halogenated alkanes) is 1. The van der Waals surface area contributed by atoms with Crippen LogP contribution in [0, 0.1) is 5.92 Å². The molecular weight excluding hydrogens is 224 g/mol. The van der Waals surface area contributed by atoms with Crippen molar-refractivity contribution in [1.29, 1.82) is 0 Å². The van der Waals surface area contributed by atoms with Crippen molar-refractivity contribution in [2.75, 3.05) is 12.0 Å². The summed E-state index contributed by atoms with van der Waals surface area (Å²) in [5.74, 6) is 1.64. The number of hydrogen-bond donors (Lipinski definition) is 0. The van der Waals surface area contributed by atoms with Crippen LogP contribution < -0.4 is 0 Å². The van der Waals surface area contributed by atoms with Crippen LogP contribution in [0.5, 0.6) is 0 Å². The van der Waals surface area contributed by atoms with Crippen molar-refractivity contribution in [3.8, 4) is 0 Å². The highest BCUT2D eigenvalue weighted by Gasteiger charge is 2.27. The van der Waals surface area contributed by atoms with E-state index in [0.29, 0.717) is 4.58 Å². The van der Waals surface area contributed by atoms with E-state index < -0.39 is 10.8 Å². The molecule has 0 spiro atoms. The van der Waals surface area contributed by atoms with Gasteiger partial charge in [-0.1, -0.05) is 32.6 Å². The first-order chi connectivity index (χ1) is 7.29. The molecule has 2 unspecified atom stereocenters. The molecule has 0 aromatic carbocycles. The minimum atomic E-state index is -0.592. The van der Waals surface area contributed by atoms with Gasteiger partial charge in [0.1, 0.15) is 0 Å².